The molecule has 21 heavy (non-hydrogen) atoms. The number of nitriles is 1. The fourth-order valence-corrected chi connectivity index (χ4v) is 2.40. The van der Waals surface area contributed by atoms with Crippen molar-refractivity contribution in [1.82, 2.24) is 9.55 Å². The van der Waals surface area contributed by atoms with Crippen LogP contribution in [0.5, 0.6) is 0 Å². The van der Waals surface area contributed by atoms with Crippen molar-refractivity contribution in [3.05, 3.63) is 65.6 Å². The van der Waals surface area contributed by atoms with Gasteiger partial charge >= 0.3 is 5.97 Å². The van der Waals surface area contributed by atoms with Crippen LogP contribution in [-0.4, -0.2) is 20.6 Å². The number of aromatic nitrogens is 2. The van der Waals surface area contributed by atoms with Gasteiger partial charge in [-0.3, -0.25) is 0 Å². The largest absolute Gasteiger partial charge is 0.478 e. The Balaban J connectivity index is 2.09. The van der Waals surface area contributed by atoms with Gasteiger partial charge in [-0.25, -0.2) is 9.78 Å². The van der Waals surface area contributed by atoms with Crippen molar-refractivity contribution in [2.45, 2.75) is 6.54 Å². The number of benzene rings is 1. The lowest BCUT2D eigenvalue weighted by Gasteiger charge is -2.08. The molecular weight excluding hydrogens is 266 g/mol. The Morgan fingerprint density at radius 2 is 2.19 bits per heavy atom. The molecule has 0 spiro atoms. The van der Waals surface area contributed by atoms with Gasteiger partial charge in [-0.2, -0.15) is 5.26 Å². The van der Waals surface area contributed by atoms with E-state index in [0.717, 1.165) is 10.9 Å². The molecule has 0 radical (unpaired) electrons. The summed E-state index contributed by atoms with van der Waals surface area (Å²) in [5.74, 6) is -0.951. The number of aromatic carboxylic acids is 1. The Hall–Kier alpha value is -3.13. The first kappa shape index (κ1) is 12.9. The van der Waals surface area contributed by atoms with Gasteiger partial charge in [0, 0.05) is 24.3 Å². The van der Waals surface area contributed by atoms with E-state index in [9.17, 15) is 9.90 Å². The summed E-state index contributed by atoms with van der Waals surface area (Å²) >= 11 is 0. The van der Waals surface area contributed by atoms with Gasteiger partial charge in [0.25, 0.3) is 0 Å². The zero-order valence-electron chi connectivity index (χ0n) is 11.0. The van der Waals surface area contributed by atoms with Gasteiger partial charge in [0.05, 0.1) is 11.1 Å². The molecule has 3 rings (SSSR count). The number of fused-ring (bicyclic) bond motifs is 1. The highest BCUT2D eigenvalue weighted by Crippen LogP contribution is 2.21. The second-order valence-corrected chi connectivity index (χ2v) is 4.65. The third-order valence-electron chi connectivity index (χ3n) is 3.31. The Morgan fingerprint density at radius 1 is 1.33 bits per heavy atom. The maximum absolute atomic E-state index is 11.4. The van der Waals surface area contributed by atoms with Gasteiger partial charge in [0.15, 0.2) is 0 Å². The normalized spacial score (nSPS) is 10.4. The molecule has 3 aromatic rings. The molecule has 1 N–H and O–H groups in total. The monoisotopic (exact) mass is 277 g/mol. The first-order valence-corrected chi connectivity index (χ1v) is 6.35. The molecular formula is C16H11N3O2. The van der Waals surface area contributed by atoms with Gasteiger partial charge in [-0.15, -0.1) is 0 Å². The van der Waals surface area contributed by atoms with Gasteiger partial charge in [0.2, 0.25) is 0 Å². The summed E-state index contributed by atoms with van der Waals surface area (Å²) in [5, 5.41) is 19.1. The Kier molecular flexibility index (Phi) is 3.13. The number of pyridine rings is 1. The van der Waals surface area contributed by atoms with Crippen LogP contribution < -0.4 is 0 Å². The van der Waals surface area contributed by atoms with Crippen LogP contribution in [0.25, 0.3) is 10.9 Å². The summed E-state index contributed by atoms with van der Waals surface area (Å²) in [6, 6.07) is 12.6. The first-order valence-electron chi connectivity index (χ1n) is 6.35. The molecule has 2 heterocycles. The quantitative estimate of drug-likeness (QED) is 0.798. The predicted molar refractivity (Wildman–Crippen MR) is 77.0 cm³/mol. The van der Waals surface area contributed by atoms with Crippen LogP contribution in [-0.2, 0) is 6.54 Å². The number of carbonyl (C=O) groups is 1. The molecule has 0 aliphatic rings. The van der Waals surface area contributed by atoms with E-state index < -0.39 is 5.97 Å². The van der Waals surface area contributed by atoms with Crippen molar-refractivity contribution in [2.24, 2.45) is 0 Å². The van der Waals surface area contributed by atoms with Crippen LogP contribution >= 0.6 is 0 Å². The van der Waals surface area contributed by atoms with E-state index >= 15 is 0 Å². The average Bonchev–Trinajstić information content (AvgIpc) is 2.90. The minimum absolute atomic E-state index is 0.270. The van der Waals surface area contributed by atoms with E-state index in [1.54, 1.807) is 24.4 Å². The number of hydrogen-bond donors (Lipinski definition) is 1. The smallest absolute Gasteiger partial charge is 0.337 e. The highest BCUT2D eigenvalue weighted by atomic mass is 16.4. The second-order valence-electron chi connectivity index (χ2n) is 4.65. The number of para-hydroxylation sites is 1. The van der Waals surface area contributed by atoms with E-state index in [1.807, 2.05) is 35.0 Å². The lowest BCUT2D eigenvalue weighted by molar-refractivity contribution is 0.0698. The fraction of sp³-hybridized carbons (Fsp3) is 0.0625. The SMILES string of the molecule is N#Cc1cc(Cn2ccc3cccc(C(=O)O)c32)ccn1. The van der Waals surface area contributed by atoms with Crippen LogP contribution in [0, 0.1) is 11.3 Å². The molecule has 5 nitrogen and oxygen atoms in total. The van der Waals surface area contributed by atoms with Crippen molar-refractivity contribution in [1.29, 1.82) is 5.26 Å². The molecule has 0 aliphatic heterocycles. The Labute approximate surface area is 120 Å². The molecule has 0 atom stereocenters. The Morgan fingerprint density at radius 3 is 2.95 bits per heavy atom. The van der Waals surface area contributed by atoms with Gasteiger partial charge in [0.1, 0.15) is 11.8 Å². The lowest BCUT2D eigenvalue weighted by atomic mass is 10.1. The van der Waals surface area contributed by atoms with Gasteiger partial charge in [-0.1, -0.05) is 12.1 Å². The average molecular weight is 277 g/mol. The molecule has 102 valence electrons. The van der Waals surface area contributed by atoms with Crippen LogP contribution in [0.15, 0.2) is 48.8 Å². The highest BCUT2D eigenvalue weighted by molar-refractivity contribution is 6.02. The van der Waals surface area contributed by atoms with Crippen molar-refractivity contribution in [2.75, 3.05) is 0 Å². The summed E-state index contributed by atoms with van der Waals surface area (Å²) in [4.78, 5) is 15.3. The standard InChI is InChI=1S/C16H11N3O2/c17-9-13-8-11(4-6-18-13)10-19-7-5-12-2-1-3-14(15(12)19)16(20)21/h1-8H,10H2,(H,20,21). The van der Waals surface area contributed by atoms with Gasteiger partial charge in [-0.05, 0) is 29.8 Å². The van der Waals surface area contributed by atoms with Crippen molar-refractivity contribution < 1.29 is 9.90 Å². The van der Waals surface area contributed by atoms with E-state index in [1.165, 1.54) is 0 Å². The van der Waals surface area contributed by atoms with Crippen LogP contribution in [0.1, 0.15) is 21.6 Å². The highest BCUT2D eigenvalue weighted by Gasteiger charge is 2.12. The Bertz CT molecular complexity index is 875. The summed E-state index contributed by atoms with van der Waals surface area (Å²) in [5.41, 5.74) is 2.20. The minimum atomic E-state index is -0.951. The van der Waals surface area contributed by atoms with E-state index in [-0.39, 0.29) is 5.56 Å². The predicted octanol–water partition coefficient (Wildman–Crippen LogP) is 2.65. The molecule has 1 aromatic carbocycles. The fourth-order valence-electron chi connectivity index (χ4n) is 2.40. The van der Waals surface area contributed by atoms with E-state index in [2.05, 4.69) is 4.98 Å². The number of carboxylic acid groups (broad SMARTS) is 1. The van der Waals surface area contributed by atoms with Crippen molar-refractivity contribution >= 4 is 16.9 Å². The molecule has 0 bridgehead atoms. The summed E-state index contributed by atoms with van der Waals surface area (Å²) in [6.45, 7) is 0.491. The first-order chi connectivity index (χ1) is 10.2. The van der Waals surface area contributed by atoms with E-state index in [0.29, 0.717) is 17.8 Å². The van der Waals surface area contributed by atoms with Crippen LogP contribution in [0.3, 0.4) is 0 Å². The molecule has 0 saturated heterocycles. The number of carboxylic acids is 1. The number of nitrogens with zero attached hydrogens (tertiary/aromatic N) is 3. The number of hydrogen-bond acceptors (Lipinski definition) is 3. The molecule has 0 saturated carbocycles. The third kappa shape index (κ3) is 2.35. The maximum Gasteiger partial charge on any atom is 0.337 e. The van der Waals surface area contributed by atoms with Gasteiger partial charge < -0.3 is 9.67 Å². The zero-order valence-corrected chi connectivity index (χ0v) is 11.0. The van der Waals surface area contributed by atoms with Crippen LogP contribution in [0.2, 0.25) is 0 Å². The zero-order chi connectivity index (χ0) is 14.8. The molecule has 0 aliphatic carbocycles. The third-order valence-corrected chi connectivity index (χ3v) is 3.31. The molecule has 5 heteroatoms. The molecule has 0 unspecified atom stereocenters. The van der Waals surface area contributed by atoms with Crippen LogP contribution in [0.4, 0.5) is 0 Å². The topological polar surface area (TPSA) is 78.9 Å². The minimum Gasteiger partial charge on any atom is -0.478 e. The van der Waals surface area contributed by atoms with E-state index in [4.69, 9.17) is 5.26 Å². The summed E-state index contributed by atoms with van der Waals surface area (Å²) in [6.07, 6.45) is 3.43. The second kappa shape index (κ2) is 5.10. The lowest BCUT2D eigenvalue weighted by Crippen LogP contribution is -2.04. The molecule has 2 aromatic heterocycles. The summed E-state index contributed by atoms with van der Waals surface area (Å²) in [7, 11) is 0. The maximum atomic E-state index is 11.4. The molecule has 0 fully saturated rings. The summed E-state index contributed by atoms with van der Waals surface area (Å²) < 4.78 is 1.87. The van der Waals surface area contributed by atoms with Crippen molar-refractivity contribution in [3.8, 4) is 6.07 Å². The number of rotatable bonds is 3. The molecule has 0 amide bonds. The van der Waals surface area contributed by atoms with Crippen molar-refractivity contribution in [3.63, 3.8) is 0 Å².